The Morgan fingerprint density at radius 3 is 2.48 bits per heavy atom. The van der Waals surface area contributed by atoms with Crippen LogP contribution in [0.4, 0.5) is 5.69 Å². The Kier molecular flexibility index (Phi) is 7.02. The molecule has 3 rings (SSSR count). The van der Waals surface area contributed by atoms with Crippen molar-refractivity contribution in [1.82, 2.24) is 0 Å². The fourth-order valence-corrected chi connectivity index (χ4v) is 3.07. The molecule has 0 atom stereocenters. The molecule has 0 unspecified atom stereocenters. The zero-order chi connectivity index (χ0) is 20.8. The van der Waals surface area contributed by atoms with Gasteiger partial charge in [-0.05, 0) is 56.3 Å². The number of rotatable bonds is 7. The molecule has 0 aliphatic carbocycles. The van der Waals surface area contributed by atoms with E-state index in [0.717, 1.165) is 16.9 Å². The molecule has 3 aromatic rings. The van der Waals surface area contributed by atoms with Gasteiger partial charge < -0.3 is 14.8 Å². The molecule has 1 N–H and O–H groups in total. The highest BCUT2D eigenvalue weighted by Gasteiger charge is 2.14. The van der Waals surface area contributed by atoms with Gasteiger partial charge in [-0.2, -0.15) is 0 Å². The average molecular weight is 430 g/mol. The molecule has 0 aliphatic rings. The summed E-state index contributed by atoms with van der Waals surface area (Å²) in [5.74, 6) is 1.13. The topological polar surface area (TPSA) is 47.6 Å². The van der Waals surface area contributed by atoms with Crippen LogP contribution in [0.5, 0.6) is 11.5 Å². The van der Waals surface area contributed by atoms with Crippen LogP contribution >= 0.6 is 23.2 Å². The van der Waals surface area contributed by atoms with Crippen LogP contribution in [0.15, 0.2) is 60.7 Å². The van der Waals surface area contributed by atoms with Crippen molar-refractivity contribution in [2.45, 2.75) is 20.5 Å². The second-order valence-corrected chi connectivity index (χ2v) is 7.20. The first-order valence-electron chi connectivity index (χ1n) is 9.18. The third-order valence-electron chi connectivity index (χ3n) is 4.24. The van der Waals surface area contributed by atoms with E-state index in [0.29, 0.717) is 33.7 Å². The number of hydrogen-bond acceptors (Lipinski definition) is 3. The summed E-state index contributed by atoms with van der Waals surface area (Å²) >= 11 is 12.2. The molecule has 0 aromatic heterocycles. The fourth-order valence-electron chi connectivity index (χ4n) is 2.72. The van der Waals surface area contributed by atoms with Gasteiger partial charge in [-0.1, -0.05) is 47.0 Å². The molecule has 0 bridgehead atoms. The van der Waals surface area contributed by atoms with E-state index < -0.39 is 0 Å². The van der Waals surface area contributed by atoms with E-state index in [9.17, 15) is 4.79 Å². The van der Waals surface area contributed by atoms with Crippen molar-refractivity contribution in [3.05, 3.63) is 87.4 Å². The zero-order valence-corrected chi connectivity index (χ0v) is 17.7. The minimum Gasteiger partial charge on any atom is -0.493 e. The lowest BCUT2D eigenvalue weighted by Crippen LogP contribution is -2.13. The first-order chi connectivity index (χ1) is 14.0. The fraction of sp³-hybridized carbons (Fsp3) is 0.174. The highest BCUT2D eigenvalue weighted by Crippen LogP contribution is 2.30. The predicted octanol–water partition coefficient (Wildman–Crippen LogP) is 6.53. The smallest absolute Gasteiger partial charge is 0.255 e. The molecule has 0 spiro atoms. The normalized spacial score (nSPS) is 10.5. The first-order valence-corrected chi connectivity index (χ1v) is 9.94. The van der Waals surface area contributed by atoms with Gasteiger partial charge in [0.1, 0.15) is 18.1 Å². The van der Waals surface area contributed by atoms with Gasteiger partial charge in [0.05, 0.1) is 22.3 Å². The van der Waals surface area contributed by atoms with Gasteiger partial charge in [0.15, 0.2) is 0 Å². The number of ether oxygens (including phenoxy) is 2. The Bertz CT molecular complexity index is 1000. The molecule has 0 radical (unpaired) electrons. The molecule has 6 heteroatoms. The summed E-state index contributed by atoms with van der Waals surface area (Å²) in [5.41, 5.74) is 2.85. The molecule has 4 nitrogen and oxygen atoms in total. The summed E-state index contributed by atoms with van der Waals surface area (Å²) in [5, 5.41) is 3.47. The standard InChI is InChI=1S/C23H21Cl2NO3/c1-3-28-21-12-9-16(23(27)26-20-6-4-5-19(24)22(20)25)13-17(21)14-29-18-10-7-15(2)8-11-18/h4-13H,3,14H2,1-2H3,(H,26,27). The Morgan fingerprint density at radius 1 is 1.00 bits per heavy atom. The van der Waals surface area contributed by atoms with Gasteiger partial charge in [-0.3, -0.25) is 4.79 Å². The van der Waals surface area contributed by atoms with Crippen LogP contribution in [0.25, 0.3) is 0 Å². The predicted molar refractivity (Wildman–Crippen MR) is 118 cm³/mol. The average Bonchev–Trinajstić information content (AvgIpc) is 2.72. The lowest BCUT2D eigenvalue weighted by atomic mass is 10.1. The van der Waals surface area contributed by atoms with Gasteiger partial charge in [0.25, 0.3) is 5.91 Å². The largest absolute Gasteiger partial charge is 0.493 e. The molecule has 29 heavy (non-hydrogen) atoms. The number of hydrogen-bond donors (Lipinski definition) is 1. The lowest BCUT2D eigenvalue weighted by Gasteiger charge is -2.14. The molecule has 0 fully saturated rings. The van der Waals surface area contributed by atoms with Crippen molar-refractivity contribution < 1.29 is 14.3 Å². The number of carbonyl (C=O) groups excluding carboxylic acids is 1. The Hall–Kier alpha value is -2.69. The van der Waals surface area contributed by atoms with Crippen LogP contribution in [-0.4, -0.2) is 12.5 Å². The number of benzene rings is 3. The molecule has 150 valence electrons. The Labute approximate surface area is 180 Å². The molecular formula is C23H21Cl2NO3. The van der Waals surface area contributed by atoms with E-state index in [2.05, 4.69) is 5.32 Å². The summed E-state index contributed by atoms with van der Waals surface area (Å²) < 4.78 is 11.6. The third-order valence-corrected chi connectivity index (χ3v) is 5.06. The van der Waals surface area contributed by atoms with Crippen LogP contribution in [0, 0.1) is 6.92 Å². The summed E-state index contributed by atoms with van der Waals surface area (Å²) in [4.78, 5) is 12.7. The van der Waals surface area contributed by atoms with E-state index in [1.54, 1.807) is 36.4 Å². The van der Waals surface area contributed by atoms with Gasteiger partial charge >= 0.3 is 0 Å². The van der Waals surface area contributed by atoms with E-state index >= 15 is 0 Å². The van der Waals surface area contributed by atoms with Crippen molar-refractivity contribution >= 4 is 34.8 Å². The van der Waals surface area contributed by atoms with Crippen molar-refractivity contribution in [3.8, 4) is 11.5 Å². The van der Waals surface area contributed by atoms with Gasteiger partial charge in [0.2, 0.25) is 0 Å². The van der Waals surface area contributed by atoms with Crippen molar-refractivity contribution in [2.24, 2.45) is 0 Å². The highest BCUT2D eigenvalue weighted by molar-refractivity contribution is 6.44. The third kappa shape index (κ3) is 5.43. The Morgan fingerprint density at radius 2 is 1.76 bits per heavy atom. The molecule has 0 saturated heterocycles. The van der Waals surface area contributed by atoms with Gasteiger partial charge in [0, 0.05) is 11.1 Å². The molecular weight excluding hydrogens is 409 g/mol. The maximum absolute atomic E-state index is 12.7. The first kappa shape index (κ1) is 21.0. The van der Waals surface area contributed by atoms with Crippen LogP contribution in [0.1, 0.15) is 28.4 Å². The number of nitrogens with one attached hydrogen (secondary N) is 1. The van der Waals surface area contributed by atoms with Gasteiger partial charge in [-0.25, -0.2) is 0 Å². The van der Waals surface area contributed by atoms with Crippen molar-refractivity contribution in [3.63, 3.8) is 0 Å². The van der Waals surface area contributed by atoms with Crippen LogP contribution in [-0.2, 0) is 6.61 Å². The summed E-state index contributed by atoms with van der Waals surface area (Å²) in [6.07, 6.45) is 0. The number of aryl methyl sites for hydroxylation is 1. The van der Waals surface area contributed by atoms with Crippen LogP contribution < -0.4 is 14.8 Å². The minimum atomic E-state index is -0.297. The van der Waals surface area contributed by atoms with E-state index in [-0.39, 0.29) is 12.5 Å². The van der Waals surface area contributed by atoms with Gasteiger partial charge in [-0.15, -0.1) is 0 Å². The van der Waals surface area contributed by atoms with Crippen LogP contribution in [0.2, 0.25) is 10.0 Å². The highest BCUT2D eigenvalue weighted by atomic mass is 35.5. The summed E-state index contributed by atoms with van der Waals surface area (Å²) in [6.45, 7) is 4.72. The molecule has 1 amide bonds. The number of amides is 1. The van der Waals surface area contributed by atoms with Crippen LogP contribution in [0.3, 0.4) is 0 Å². The molecule has 3 aromatic carbocycles. The second kappa shape index (κ2) is 9.68. The van der Waals surface area contributed by atoms with E-state index in [1.807, 2.05) is 38.1 Å². The van der Waals surface area contributed by atoms with Crippen molar-refractivity contribution in [1.29, 1.82) is 0 Å². The number of anilines is 1. The van der Waals surface area contributed by atoms with E-state index in [4.69, 9.17) is 32.7 Å². The number of carbonyl (C=O) groups is 1. The molecule has 0 aliphatic heterocycles. The maximum atomic E-state index is 12.7. The number of halogens is 2. The quantitative estimate of drug-likeness (QED) is 0.464. The molecule has 0 heterocycles. The second-order valence-electron chi connectivity index (χ2n) is 6.41. The maximum Gasteiger partial charge on any atom is 0.255 e. The lowest BCUT2D eigenvalue weighted by molar-refractivity contribution is 0.102. The summed E-state index contributed by atoms with van der Waals surface area (Å²) in [7, 11) is 0. The van der Waals surface area contributed by atoms with E-state index in [1.165, 1.54) is 0 Å². The molecule has 0 saturated carbocycles. The summed E-state index contributed by atoms with van der Waals surface area (Å²) in [6, 6.07) is 18.1. The Balaban J connectivity index is 1.80. The zero-order valence-electron chi connectivity index (χ0n) is 16.2. The van der Waals surface area contributed by atoms with Crippen molar-refractivity contribution in [2.75, 3.05) is 11.9 Å². The SMILES string of the molecule is CCOc1ccc(C(=O)Nc2cccc(Cl)c2Cl)cc1COc1ccc(C)cc1. The monoisotopic (exact) mass is 429 g/mol. The minimum absolute atomic E-state index is 0.275.